The molecule has 6 nitrogen and oxygen atoms in total. The van der Waals surface area contributed by atoms with Gasteiger partial charge in [0.2, 0.25) is 11.8 Å². The maximum absolute atomic E-state index is 10.3. The van der Waals surface area contributed by atoms with E-state index in [9.17, 15) is 9.59 Å². The number of nitrogens with one attached hydrogen (secondary N) is 1. The maximum atomic E-state index is 10.3. The second-order valence-corrected chi connectivity index (χ2v) is 1.65. The molecule has 0 bridgehead atoms. The number of hydrogen-bond acceptors (Lipinski definition) is 4. The van der Waals surface area contributed by atoms with Gasteiger partial charge in [0.25, 0.3) is 0 Å². The van der Waals surface area contributed by atoms with Gasteiger partial charge in [0.1, 0.15) is 0 Å². The van der Waals surface area contributed by atoms with Crippen molar-refractivity contribution in [1.82, 2.24) is 10.4 Å². The topological polar surface area (TPSA) is 86.7 Å². The summed E-state index contributed by atoms with van der Waals surface area (Å²) in [6.07, 6.45) is 3.37. The van der Waals surface area contributed by atoms with Gasteiger partial charge in [-0.05, 0) is 0 Å². The zero-order valence-electron chi connectivity index (χ0n) is 6.56. The molecule has 1 radical (unpaired) electrons. The molecule has 2 N–H and O–H groups in total. The molecule has 13 heavy (non-hydrogen) atoms. The predicted molar refractivity (Wildman–Crippen MR) is 41.2 cm³/mol. The first kappa shape index (κ1) is 14.9. The second-order valence-electron chi connectivity index (χ2n) is 1.65. The summed E-state index contributed by atoms with van der Waals surface area (Å²) < 4.78 is 0. The first-order valence-corrected chi connectivity index (χ1v) is 2.76. The van der Waals surface area contributed by atoms with Crippen LogP contribution in [0.15, 0.2) is 12.2 Å². The zero-order valence-corrected chi connectivity index (χ0v) is 9.40. The first-order chi connectivity index (χ1) is 5.63. The Bertz CT molecular complexity index is 219. The molecule has 0 aromatic heterocycles. The van der Waals surface area contributed by atoms with E-state index >= 15 is 0 Å². The van der Waals surface area contributed by atoms with Crippen LogP contribution in [0.3, 0.4) is 0 Å². The van der Waals surface area contributed by atoms with Gasteiger partial charge < -0.3 is 20.4 Å². The minimum Gasteiger partial charge on any atom is -0.518 e. The van der Waals surface area contributed by atoms with E-state index in [1.54, 1.807) is 0 Å². The van der Waals surface area contributed by atoms with Crippen LogP contribution in [-0.4, -0.2) is 28.3 Å². The number of carbonyl (C=O) groups excluding carboxylic acids is 3. The Morgan fingerprint density at radius 2 is 1.77 bits per heavy atom. The van der Waals surface area contributed by atoms with Gasteiger partial charge in [0.05, 0.1) is 0 Å². The Morgan fingerprint density at radius 1 is 1.46 bits per heavy atom. The monoisotopic (exact) mass is 263 g/mol. The molecule has 0 saturated heterocycles. The van der Waals surface area contributed by atoms with Crippen molar-refractivity contribution in [3.63, 3.8) is 0 Å². The van der Waals surface area contributed by atoms with Crippen molar-refractivity contribution in [2.75, 3.05) is 0 Å². The molecule has 0 saturated carbocycles. The van der Waals surface area contributed by atoms with Crippen molar-refractivity contribution < 1.29 is 55.2 Å². The second kappa shape index (κ2) is 8.03. The standard InChI is InChI=1S/C5H4NO2.CH2NO2.Y.2H2/c1-6-4(7)2-3-5(6)8;3-1-2-4;;;/h2-3H,1H2;4H,(H,2,3);;2*1H/q2*-1;;;. The molecule has 1 aliphatic heterocycles. The van der Waals surface area contributed by atoms with Crippen LogP contribution in [0, 0.1) is 7.05 Å². The quantitative estimate of drug-likeness (QED) is 0.214. The van der Waals surface area contributed by atoms with Crippen molar-refractivity contribution in [2.24, 2.45) is 0 Å². The average molecular weight is 263 g/mol. The van der Waals surface area contributed by atoms with Crippen molar-refractivity contribution in [3.05, 3.63) is 19.2 Å². The largest absolute Gasteiger partial charge is 0.518 e. The molecule has 0 unspecified atom stereocenters. The number of rotatable bonds is 1. The summed E-state index contributed by atoms with van der Waals surface area (Å²) in [4.78, 5) is 30.2. The van der Waals surface area contributed by atoms with E-state index in [1.807, 2.05) is 0 Å². The van der Waals surface area contributed by atoms with E-state index in [2.05, 4.69) is 7.05 Å². The van der Waals surface area contributed by atoms with E-state index in [0.29, 0.717) is 0 Å². The Morgan fingerprint density at radius 3 is 1.85 bits per heavy atom. The van der Waals surface area contributed by atoms with Gasteiger partial charge in [-0.15, -0.1) is 6.41 Å². The summed E-state index contributed by atoms with van der Waals surface area (Å²) in [5.41, 5.74) is 1.12. The van der Waals surface area contributed by atoms with Crippen LogP contribution in [0.1, 0.15) is 2.85 Å². The average Bonchev–Trinajstić information content (AvgIpc) is 2.37. The van der Waals surface area contributed by atoms with Crippen molar-refractivity contribution >= 4 is 18.2 Å². The fraction of sp³-hybridized carbons (Fsp3) is 0. The molecule has 0 atom stereocenters. The van der Waals surface area contributed by atoms with Gasteiger partial charge in [0, 0.05) is 47.7 Å². The summed E-state index contributed by atoms with van der Waals surface area (Å²) in [6.45, 7) is 0. The van der Waals surface area contributed by atoms with Crippen molar-refractivity contribution in [2.45, 2.75) is 0 Å². The van der Waals surface area contributed by atoms with Crippen molar-refractivity contribution in [3.8, 4) is 0 Å². The van der Waals surface area contributed by atoms with E-state index < -0.39 is 0 Å². The number of nitrogens with zero attached hydrogens (tertiary/aromatic N) is 1. The van der Waals surface area contributed by atoms with Gasteiger partial charge in [-0.2, -0.15) is 0 Å². The van der Waals surface area contributed by atoms with Crippen LogP contribution in [-0.2, 0) is 47.1 Å². The minimum atomic E-state index is -0.352. The molecule has 0 aromatic carbocycles. The van der Waals surface area contributed by atoms with E-state index in [1.165, 1.54) is 12.2 Å². The number of imide groups is 1. The normalized spacial score (nSPS) is 12.9. The third-order valence-electron chi connectivity index (χ3n) is 0.946. The van der Waals surface area contributed by atoms with Crippen molar-refractivity contribution in [1.29, 1.82) is 0 Å². The SMILES string of the molecule is O=[C-]NO.[CH2-]N1C(=O)C=CC1=O.[HH].[HH].[Y]. The molecule has 0 aromatic rings. The summed E-state index contributed by atoms with van der Waals surface area (Å²) in [6, 6.07) is 0. The molecule has 0 spiro atoms. The van der Waals surface area contributed by atoms with Crippen LogP contribution < -0.4 is 5.48 Å². The summed E-state index contributed by atoms with van der Waals surface area (Å²) >= 11 is 0. The molecule has 3 amide bonds. The molecule has 1 heterocycles. The van der Waals surface area contributed by atoms with E-state index in [0.717, 1.165) is 16.8 Å². The number of hydroxylamine groups is 1. The fourth-order valence-electron chi connectivity index (χ4n) is 0.431. The van der Waals surface area contributed by atoms with Crippen LogP contribution in [0.2, 0.25) is 0 Å². The van der Waals surface area contributed by atoms with Gasteiger partial charge in [0.15, 0.2) is 0 Å². The molecule has 7 heteroatoms. The Kier molecular flexibility index (Phi) is 9.21. The van der Waals surface area contributed by atoms with Crippen LogP contribution in [0.4, 0.5) is 0 Å². The molecule has 73 valence electrons. The van der Waals surface area contributed by atoms with Crippen LogP contribution >= 0.6 is 0 Å². The molecule has 1 rings (SSSR count). The van der Waals surface area contributed by atoms with E-state index in [-0.39, 0.29) is 47.4 Å². The Balaban J connectivity index is -0.0000000779. The fourth-order valence-corrected chi connectivity index (χ4v) is 0.431. The third-order valence-corrected chi connectivity index (χ3v) is 0.946. The van der Waals surface area contributed by atoms with Gasteiger partial charge >= 0.3 is 0 Å². The molecular weight excluding hydrogens is 253 g/mol. The van der Waals surface area contributed by atoms with Gasteiger partial charge in [-0.3, -0.25) is 9.59 Å². The molecule has 0 aliphatic carbocycles. The minimum absolute atomic E-state index is 0. The van der Waals surface area contributed by atoms with Crippen LogP contribution in [0.25, 0.3) is 0 Å². The van der Waals surface area contributed by atoms with Crippen LogP contribution in [0.5, 0.6) is 0 Å². The summed E-state index contributed by atoms with van der Waals surface area (Å²) in [5, 5.41) is 7.20. The van der Waals surface area contributed by atoms with E-state index in [4.69, 9.17) is 10.0 Å². The summed E-state index contributed by atoms with van der Waals surface area (Å²) in [7, 11) is 3.17. The number of amides is 3. The number of hydrogen-bond donors (Lipinski definition) is 2. The van der Waals surface area contributed by atoms with Gasteiger partial charge in [-0.1, -0.05) is 0 Å². The Labute approximate surface area is 103 Å². The predicted octanol–water partition coefficient (Wildman–Crippen LogP) is -0.775. The zero-order chi connectivity index (χ0) is 9.56. The number of carbonyl (C=O) groups is 2. The molecular formula is C6H10N2O4Y-2. The Hall–Kier alpha value is -0.586. The molecule has 0 fully saturated rings. The maximum Gasteiger partial charge on any atom is 0.223 e. The third kappa shape index (κ3) is 5.62. The summed E-state index contributed by atoms with van der Waals surface area (Å²) in [5.74, 6) is -0.704. The smallest absolute Gasteiger partial charge is 0.223 e. The first-order valence-electron chi connectivity index (χ1n) is 2.76. The molecule has 1 aliphatic rings. The van der Waals surface area contributed by atoms with Gasteiger partial charge in [-0.25, -0.2) is 7.05 Å².